The highest BCUT2D eigenvalue weighted by Crippen LogP contribution is 2.49. The van der Waals surface area contributed by atoms with E-state index >= 15 is 0 Å². The van der Waals surface area contributed by atoms with Crippen LogP contribution in [0.3, 0.4) is 0 Å². The van der Waals surface area contributed by atoms with E-state index in [0.717, 1.165) is 21.8 Å². The fourth-order valence-corrected chi connectivity index (χ4v) is 4.70. The summed E-state index contributed by atoms with van der Waals surface area (Å²) in [4.78, 5) is 25.2. The molecule has 28 heavy (non-hydrogen) atoms. The first-order chi connectivity index (χ1) is 13.5. The molecule has 0 unspecified atom stereocenters. The molecule has 0 spiro atoms. The molecule has 0 fully saturated rings. The van der Waals surface area contributed by atoms with Crippen LogP contribution in [-0.2, 0) is 4.79 Å². The topological polar surface area (TPSA) is 75.6 Å². The molecule has 1 aromatic heterocycles. The van der Waals surface area contributed by atoms with Gasteiger partial charge in [0.15, 0.2) is 0 Å². The van der Waals surface area contributed by atoms with Gasteiger partial charge in [0.05, 0.1) is 12.8 Å². The summed E-state index contributed by atoms with van der Waals surface area (Å²) in [5.74, 6) is -1.31. The second-order valence-electron chi connectivity index (χ2n) is 6.44. The maximum absolute atomic E-state index is 13.3. The lowest BCUT2D eigenvalue weighted by molar-refractivity contribution is -0.116. The maximum Gasteiger partial charge on any atom is 0.346 e. The van der Waals surface area contributed by atoms with Gasteiger partial charge in [-0.05, 0) is 35.4 Å². The van der Waals surface area contributed by atoms with Gasteiger partial charge in [-0.15, -0.1) is 11.3 Å². The van der Waals surface area contributed by atoms with Gasteiger partial charge in [0, 0.05) is 22.8 Å². The summed E-state index contributed by atoms with van der Waals surface area (Å²) >= 11 is 1.14. The third-order valence-corrected chi connectivity index (χ3v) is 6.02. The van der Waals surface area contributed by atoms with Gasteiger partial charge in [-0.1, -0.05) is 24.3 Å². The Kier molecular flexibility index (Phi) is 4.60. The van der Waals surface area contributed by atoms with Gasteiger partial charge < -0.3 is 15.2 Å². The molecule has 0 saturated carbocycles. The van der Waals surface area contributed by atoms with E-state index in [0.29, 0.717) is 22.6 Å². The van der Waals surface area contributed by atoms with E-state index < -0.39 is 11.8 Å². The molecule has 7 heteroatoms. The number of carboxylic acid groups (broad SMARTS) is 1. The molecule has 0 bridgehead atoms. The Morgan fingerprint density at radius 1 is 1.25 bits per heavy atom. The summed E-state index contributed by atoms with van der Waals surface area (Å²) < 4.78 is 18.6. The highest BCUT2D eigenvalue weighted by molar-refractivity contribution is 7.15. The number of hydrogen-bond acceptors (Lipinski definition) is 4. The number of carbonyl (C=O) groups excluding carboxylic acids is 1. The molecule has 2 heterocycles. The van der Waals surface area contributed by atoms with E-state index in [-0.39, 0.29) is 23.1 Å². The van der Waals surface area contributed by atoms with Gasteiger partial charge in [0.2, 0.25) is 5.91 Å². The molecule has 1 aliphatic heterocycles. The Labute approximate surface area is 164 Å². The summed E-state index contributed by atoms with van der Waals surface area (Å²) in [5.41, 5.74) is 2.31. The number of fused-ring (bicyclic) bond motifs is 1. The van der Waals surface area contributed by atoms with Crippen molar-refractivity contribution >= 4 is 28.9 Å². The van der Waals surface area contributed by atoms with Crippen LogP contribution in [0.5, 0.6) is 5.75 Å². The van der Waals surface area contributed by atoms with E-state index in [4.69, 9.17) is 4.74 Å². The number of carboxylic acids is 1. The van der Waals surface area contributed by atoms with Gasteiger partial charge in [-0.2, -0.15) is 0 Å². The smallest absolute Gasteiger partial charge is 0.346 e. The number of nitrogens with one attached hydrogen (secondary N) is 1. The minimum absolute atomic E-state index is 0.117. The lowest BCUT2D eigenvalue weighted by Gasteiger charge is -2.24. The summed E-state index contributed by atoms with van der Waals surface area (Å²) in [6.45, 7) is 0. The molecule has 1 atom stereocenters. The molecular weight excluding hydrogens is 381 g/mol. The van der Waals surface area contributed by atoms with E-state index in [1.54, 1.807) is 7.11 Å². The number of amides is 1. The number of hydrogen-bond donors (Lipinski definition) is 2. The molecule has 4 rings (SSSR count). The Bertz CT molecular complexity index is 1070. The first kappa shape index (κ1) is 18.2. The van der Waals surface area contributed by atoms with Gasteiger partial charge in [-0.25, -0.2) is 9.18 Å². The zero-order chi connectivity index (χ0) is 19.8. The number of carbonyl (C=O) groups is 2. The second kappa shape index (κ2) is 7.09. The molecule has 1 aliphatic rings. The molecule has 2 aromatic carbocycles. The average molecular weight is 397 g/mol. The van der Waals surface area contributed by atoms with Crippen LogP contribution >= 0.6 is 11.3 Å². The van der Waals surface area contributed by atoms with Crippen molar-refractivity contribution < 1.29 is 23.8 Å². The van der Waals surface area contributed by atoms with Crippen LogP contribution in [0.2, 0.25) is 0 Å². The van der Waals surface area contributed by atoms with Crippen LogP contribution in [0.25, 0.3) is 11.1 Å². The number of aromatic carboxylic acids is 1. The largest absolute Gasteiger partial charge is 0.497 e. The van der Waals surface area contributed by atoms with Crippen molar-refractivity contribution in [2.45, 2.75) is 12.3 Å². The molecule has 2 N–H and O–H groups in total. The van der Waals surface area contributed by atoms with Gasteiger partial charge >= 0.3 is 5.97 Å². The Morgan fingerprint density at radius 3 is 2.68 bits per heavy atom. The zero-order valence-electron chi connectivity index (χ0n) is 14.9. The van der Waals surface area contributed by atoms with Crippen molar-refractivity contribution in [2.75, 3.05) is 12.4 Å². The first-order valence-corrected chi connectivity index (χ1v) is 9.39. The van der Waals surface area contributed by atoms with E-state index in [1.807, 2.05) is 24.3 Å². The number of methoxy groups -OCH3 is 1. The Morgan fingerprint density at radius 2 is 2.00 bits per heavy atom. The monoisotopic (exact) mass is 397 g/mol. The predicted octanol–water partition coefficient (Wildman–Crippen LogP) is 4.74. The van der Waals surface area contributed by atoms with Crippen molar-refractivity contribution in [2.24, 2.45) is 0 Å². The minimum atomic E-state index is -1.09. The quantitative estimate of drug-likeness (QED) is 0.667. The average Bonchev–Trinajstić information content (AvgIpc) is 3.07. The number of thiophene rings is 1. The first-order valence-electron chi connectivity index (χ1n) is 8.57. The number of ether oxygens (including phenoxy) is 1. The van der Waals surface area contributed by atoms with Crippen LogP contribution < -0.4 is 10.1 Å². The number of anilines is 1. The summed E-state index contributed by atoms with van der Waals surface area (Å²) in [5, 5.41) is 12.6. The molecule has 0 radical (unpaired) electrons. The van der Waals surface area contributed by atoms with Gasteiger partial charge in [0.25, 0.3) is 0 Å². The fraction of sp³-hybridized carbons (Fsp3) is 0.143. The normalized spacial score (nSPS) is 15.6. The summed E-state index contributed by atoms with van der Waals surface area (Å²) in [6.07, 6.45) is 0.211. The zero-order valence-corrected chi connectivity index (χ0v) is 15.7. The van der Waals surface area contributed by atoms with E-state index in [1.165, 1.54) is 24.3 Å². The second-order valence-corrected chi connectivity index (χ2v) is 7.49. The fourth-order valence-electron chi connectivity index (χ4n) is 3.46. The minimum Gasteiger partial charge on any atom is -0.497 e. The van der Waals surface area contributed by atoms with Gasteiger partial charge in [-0.3, -0.25) is 4.79 Å². The van der Waals surface area contributed by atoms with Crippen molar-refractivity contribution in [1.82, 2.24) is 0 Å². The lowest BCUT2D eigenvalue weighted by atomic mass is 9.88. The Hall–Kier alpha value is -3.19. The molecule has 3 aromatic rings. The standard InChI is InChI=1S/C21H16FNO4S/c1-27-14-4-2-3-12(9-14)15-10-16(24)23-18-17(11-5-7-13(22)8-6-11)20(21(25)26)28-19(15)18/h2-9,15H,10H2,1H3,(H,23,24)(H,25,26)/t15-/m1/s1. The molecule has 142 valence electrons. The third kappa shape index (κ3) is 3.14. The van der Waals surface area contributed by atoms with Crippen LogP contribution in [0.4, 0.5) is 10.1 Å². The van der Waals surface area contributed by atoms with E-state index in [2.05, 4.69) is 5.32 Å². The van der Waals surface area contributed by atoms with Crippen molar-refractivity contribution in [3.05, 3.63) is 69.7 Å². The van der Waals surface area contributed by atoms with Crippen molar-refractivity contribution in [3.63, 3.8) is 0 Å². The van der Waals surface area contributed by atoms with Crippen LogP contribution in [0.1, 0.15) is 32.5 Å². The number of rotatable bonds is 4. The molecule has 5 nitrogen and oxygen atoms in total. The predicted molar refractivity (Wildman–Crippen MR) is 105 cm³/mol. The highest BCUT2D eigenvalue weighted by Gasteiger charge is 2.34. The number of benzene rings is 2. The number of halogens is 1. The van der Waals surface area contributed by atoms with E-state index in [9.17, 15) is 19.1 Å². The van der Waals surface area contributed by atoms with Crippen LogP contribution in [-0.4, -0.2) is 24.1 Å². The highest BCUT2D eigenvalue weighted by atomic mass is 32.1. The Balaban J connectivity index is 1.92. The van der Waals surface area contributed by atoms with Crippen molar-refractivity contribution in [3.8, 4) is 16.9 Å². The summed E-state index contributed by atoms with van der Waals surface area (Å²) in [7, 11) is 1.57. The van der Waals surface area contributed by atoms with Crippen LogP contribution in [0, 0.1) is 5.82 Å². The molecule has 0 saturated heterocycles. The lowest BCUT2D eigenvalue weighted by Crippen LogP contribution is -2.22. The maximum atomic E-state index is 13.3. The molecular formula is C21H16FNO4S. The third-order valence-electron chi connectivity index (χ3n) is 4.73. The molecule has 1 amide bonds. The summed E-state index contributed by atoms with van der Waals surface area (Å²) in [6, 6.07) is 13.0. The molecule has 0 aliphatic carbocycles. The van der Waals surface area contributed by atoms with Gasteiger partial charge in [0.1, 0.15) is 16.4 Å². The van der Waals surface area contributed by atoms with Crippen LogP contribution in [0.15, 0.2) is 48.5 Å². The SMILES string of the molecule is COc1cccc([C@H]2CC(=O)Nc3c2sc(C(=O)O)c3-c2ccc(F)cc2)c1. The van der Waals surface area contributed by atoms with Crippen molar-refractivity contribution in [1.29, 1.82) is 0 Å².